The highest BCUT2D eigenvalue weighted by atomic mass is 16.2. The molecule has 1 aromatic rings. The van der Waals surface area contributed by atoms with E-state index in [1.807, 2.05) is 12.1 Å². The normalized spacial score (nSPS) is 26.7. The number of hydrogen-bond donors (Lipinski definition) is 2. The number of nitrogens with zero attached hydrogens (tertiary/aromatic N) is 2. The van der Waals surface area contributed by atoms with Crippen LogP contribution in [-0.4, -0.2) is 52.7 Å². The summed E-state index contributed by atoms with van der Waals surface area (Å²) in [6.45, 7) is 3.20. The van der Waals surface area contributed by atoms with E-state index in [1.54, 1.807) is 4.90 Å². The largest absolute Gasteiger partial charge is 0.327 e. The minimum atomic E-state index is -0.561. The van der Waals surface area contributed by atoms with Gasteiger partial charge in [-0.25, -0.2) is 0 Å². The molecule has 2 atom stereocenters. The van der Waals surface area contributed by atoms with Crippen molar-refractivity contribution in [2.75, 3.05) is 13.1 Å². The molecule has 27 heavy (non-hydrogen) atoms. The van der Waals surface area contributed by atoms with E-state index in [4.69, 9.17) is 5.73 Å². The molecular formula is C20H26N4O3. The van der Waals surface area contributed by atoms with Crippen molar-refractivity contribution in [3.63, 3.8) is 0 Å². The number of carbonyl (C=O) groups excluding carboxylic acids is 3. The van der Waals surface area contributed by atoms with Gasteiger partial charge in [0.2, 0.25) is 11.8 Å². The van der Waals surface area contributed by atoms with E-state index in [1.165, 1.54) is 18.4 Å². The van der Waals surface area contributed by atoms with Gasteiger partial charge in [0.15, 0.2) is 0 Å². The Morgan fingerprint density at radius 2 is 2.00 bits per heavy atom. The molecular weight excluding hydrogens is 344 g/mol. The van der Waals surface area contributed by atoms with Gasteiger partial charge in [-0.1, -0.05) is 18.6 Å². The molecule has 0 aliphatic carbocycles. The number of hydrogen-bond acceptors (Lipinski definition) is 5. The molecule has 2 fully saturated rings. The maximum atomic E-state index is 12.7. The zero-order valence-corrected chi connectivity index (χ0v) is 15.4. The van der Waals surface area contributed by atoms with E-state index >= 15 is 0 Å². The summed E-state index contributed by atoms with van der Waals surface area (Å²) in [5.41, 5.74) is 8.95. The summed E-state index contributed by atoms with van der Waals surface area (Å²) in [6, 6.07) is 5.62. The predicted molar refractivity (Wildman–Crippen MR) is 99.6 cm³/mol. The van der Waals surface area contributed by atoms with Gasteiger partial charge in [0.05, 0.1) is 0 Å². The van der Waals surface area contributed by atoms with Crippen molar-refractivity contribution in [3.8, 4) is 0 Å². The number of amides is 3. The second-order valence-corrected chi connectivity index (χ2v) is 7.88. The number of nitrogens with one attached hydrogen (secondary N) is 1. The van der Waals surface area contributed by atoms with Crippen LogP contribution in [0.4, 0.5) is 0 Å². The van der Waals surface area contributed by atoms with E-state index in [0.29, 0.717) is 18.5 Å². The molecule has 0 bridgehead atoms. The molecule has 3 heterocycles. The van der Waals surface area contributed by atoms with Crippen molar-refractivity contribution in [1.29, 1.82) is 0 Å². The van der Waals surface area contributed by atoms with Gasteiger partial charge >= 0.3 is 0 Å². The second kappa shape index (κ2) is 7.40. The summed E-state index contributed by atoms with van der Waals surface area (Å²) in [5.74, 6) is -0.757. The Bertz CT molecular complexity index is 778. The zero-order valence-electron chi connectivity index (χ0n) is 15.4. The number of rotatable bonds is 3. The lowest BCUT2D eigenvalue weighted by Crippen LogP contribution is -2.52. The number of fused-ring (bicyclic) bond motifs is 1. The molecule has 2 unspecified atom stereocenters. The third-order valence-electron chi connectivity index (χ3n) is 5.79. The van der Waals surface area contributed by atoms with Crippen LogP contribution in [0.25, 0.3) is 0 Å². The molecule has 0 saturated carbocycles. The van der Waals surface area contributed by atoms with Crippen LogP contribution in [0.2, 0.25) is 0 Å². The summed E-state index contributed by atoms with van der Waals surface area (Å²) in [7, 11) is 0. The average molecular weight is 370 g/mol. The number of likely N-dealkylation sites (tertiary alicyclic amines) is 1. The fourth-order valence-electron chi connectivity index (χ4n) is 4.38. The zero-order chi connectivity index (χ0) is 19.0. The molecule has 144 valence electrons. The molecule has 0 aromatic heterocycles. The summed E-state index contributed by atoms with van der Waals surface area (Å²) in [4.78, 5) is 40.2. The third-order valence-corrected chi connectivity index (χ3v) is 5.79. The maximum absolute atomic E-state index is 12.7. The fourth-order valence-corrected chi connectivity index (χ4v) is 4.38. The molecule has 0 radical (unpaired) electrons. The minimum Gasteiger partial charge on any atom is -0.327 e. The van der Waals surface area contributed by atoms with Crippen molar-refractivity contribution in [2.24, 2.45) is 5.73 Å². The van der Waals surface area contributed by atoms with E-state index in [0.717, 1.165) is 31.6 Å². The summed E-state index contributed by atoms with van der Waals surface area (Å²) in [6.07, 6.45) is 4.09. The van der Waals surface area contributed by atoms with Crippen LogP contribution in [0, 0.1) is 0 Å². The minimum absolute atomic E-state index is 0.122. The third kappa shape index (κ3) is 3.75. The summed E-state index contributed by atoms with van der Waals surface area (Å²) < 4.78 is 0. The van der Waals surface area contributed by atoms with Crippen molar-refractivity contribution in [1.82, 2.24) is 15.1 Å². The number of benzene rings is 1. The van der Waals surface area contributed by atoms with Crippen LogP contribution in [0.5, 0.6) is 0 Å². The maximum Gasteiger partial charge on any atom is 0.255 e. The van der Waals surface area contributed by atoms with E-state index in [2.05, 4.69) is 16.3 Å². The molecule has 4 rings (SSSR count). The van der Waals surface area contributed by atoms with Crippen LogP contribution in [0.15, 0.2) is 18.2 Å². The monoisotopic (exact) mass is 370 g/mol. The molecule has 1 aromatic carbocycles. The molecule has 0 spiro atoms. The SMILES string of the molecule is NC1CCCCN(Cc2ccc3c(c2)CN(C2CCC(=O)NC2=O)C3=O)C1. The first-order valence-electron chi connectivity index (χ1n) is 9.75. The number of piperidine rings is 1. The molecule has 3 amide bonds. The molecule has 3 aliphatic heterocycles. The Morgan fingerprint density at radius 3 is 2.81 bits per heavy atom. The van der Waals surface area contributed by atoms with E-state index in [-0.39, 0.29) is 30.2 Å². The fraction of sp³-hybridized carbons (Fsp3) is 0.550. The Hall–Kier alpha value is -2.25. The highest BCUT2D eigenvalue weighted by Crippen LogP contribution is 2.28. The van der Waals surface area contributed by atoms with E-state index < -0.39 is 6.04 Å². The van der Waals surface area contributed by atoms with Gasteiger partial charge in [-0.15, -0.1) is 0 Å². The molecule has 3 aliphatic rings. The van der Waals surface area contributed by atoms with Gasteiger partial charge in [-0.2, -0.15) is 0 Å². The Balaban J connectivity index is 1.47. The first kappa shape index (κ1) is 18.1. The molecule has 7 heteroatoms. The number of nitrogens with two attached hydrogens (primary N) is 1. The van der Waals surface area contributed by atoms with Gasteiger partial charge in [0, 0.05) is 37.7 Å². The van der Waals surface area contributed by atoms with Crippen LogP contribution < -0.4 is 11.1 Å². The highest BCUT2D eigenvalue weighted by molar-refractivity contribution is 6.05. The average Bonchev–Trinajstić information content (AvgIpc) is 2.80. The van der Waals surface area contributed by atoms with Crippen molar-refractivity contribution < 1.29 is 14.4 Å². The van der Waals surface area contributed by atoms with Crippen molar-refractivity contribution in [2.45, 2.75) is 57.3 Å². The summed E-state index contributed by atoms with van der Waals surface area (Å²) >= 11 is 0. The first-order valence-corrected chi connectivity index (χ1v) is 9.75. The van der Waals surface area contributed by atoms with Crippen LogP contribution in [0.3, 0.4) is 0 Å². The van der Waals surface area contributed by atoms with Gasteiger partial charge in [-0.05, 0) is 43.0 Å². The lowest BCUT2D eigenvalue weighted by atomic mass is 10.0. The smallest absolute Gasteiger partial charge is 0.255 e. The quantitative estimate of drug-likeness (QED) is 0.766. The second-order valence-electron chi connectivity index (χ2n) is 7.88. The number of imide groups is 1. The molecule has 3 N–H and O–H groups in total. The van der Waals surface area contributed by atoms with Crippen LogP contribution in [-0.2, 0) is 22.7 Å². The highest BCUT2D eigenvalue weighted by Gasteiger charge is 2.39. The predicted octanol–water partition coefficient (Wildman–Crippen LogP) is 0.761. The van der Waals surface area contributed by atoms with Gasteiger partial charge < -0.3 is 10.6 Å². The first-order chi connectivity index (χ1) is 13.0. The standard InChI is InChI=1S/C20H26N4O3/c21-15-3-1-2-8-23(12-15)10-13-4-5-16-14(9-13)11-24(20(16)27)17-6-7-18(25)22-19(17)26/h4-5,9,15,17H,1-3,6-8,10-12,21H2,(H,22,25,26). The van der Waals surface area contributed by atoms with E-state index in [9.17, 15) is 14.4 Å². The van der Waals surface area contributed by atoms with Crippen LogP contribution in [0.1, 0.15) is 53.6 Å². The lowest BCUT2D eigenvalue weighted by molar-refractivity contribution is -0.136. The molecule has 7 nitrogen and oxygen atoms in total. The van der Waals surface area contributed by atoms with Gasteiger partial charge in [0.1, 0.15) is 6.04 Å². The number of carbonyl (C=O) groups is 3. The Labute approximate surface area is 158 Å². The van der Waals surface area contributed by atoms with Gasteiger partial charge in [-0.3, -0.25) is 24.6 Å². The Kier molecular flexibility index (Phi) is 4.97. The van der Waals surface area contributed by atoms with Crippen LogP contribution >= 0.6 is 0 Å². The molecule has 2 saturated heterocycles. The Morgan fingerprint density at radius 1 is 1.15 bits per heavy atom. The topological polar surface area (TPSA) is 95.7 Å². The lowest BCUT2D eigenvalue weighted by Gasteiger charge is -2.29. The summed E-state index contributed by atoms with van der Waals surface area (Å²) in [5, 5.41) is 2.34. The van der Waals surface area contributed by atoms with Crippen molar-refractivity contribution in [3.05, 3.63) is 34.9 Å². The van der Waals surface area contributed by atoms with Crippen molar-refractivity contribution >= 4 is 17.7 Å². The van der Waals surface area contributed by atoms with Gasteiger partial charge in [0.25, 0.3) is 5.91 Å².